The van der Waals surface area contributed by atoms with Gasteiger partial charge in [-0.1, -0.05) is 30.3 Å². The van der Waals surface area contributed by atoms with Crippen molar-refractivity contribution in [2.75, 3.05) is 11.9 Å². The van der Waals surface area contributed by atoms with Crippen molar-refractivity contribution in [1.82, 2.24) is 14.3 Å². The van der Waals surface area contributed by atoms with Crippen LogP contribution in [0.3, 0.4) is 0 Å². The summed E-state index contributed by atoms with van der Waals surface area (Å²) in [4.78, 5) is 29.6. The molecule has 2 aromatic carbocycles. The van der Waals surface area contributed by atoms with E-state index in [9.17, 15) is 9.59 Å². The van der Waals surface area contributed by atoms with Crippen molar-refractivity contribution in [1.29, 1.82) is 5.26 Å². The average Bonchev–Trinajstić information content (AvgIpc) is 3.12. The summed E-state index contributed by atoms with van der Waals surface area (Å²) in [6.45, 7) is 1.79. The molecule has 154 valence electrons. The Labute approximate surface area is 184 Å². The van der Waals surface area contributed by atoms with Crippen molar-refractivity contribution in [3.05, 3.63) is 87.5 Å². The molecule has 0 spiro atoms. The summed E-state index contributed by atoms with van der Waals surface area (Å²) >= 11 is 5.53. The highest BCUT2D eigenvalue weighted by molar-refractivity contribution is 7.80. The summed E-state index contributed by atoms with van der Waals surface area (Å²) in [5, 5.41) is 9.20. The number of nitriles is 1. The molecule has 1 aliphatic rings. The molecule has 0 unspecified atom stereocenters. The normalized spacial score (nSPS) is 15.1. The molecule has 0 bridgehead atoms. The van der Waals surface area contributed by atoms with Gasteiger partial charge in [0.05, 0.1) is 23.0 Å². The molecule has 4 rings (SSSR count). The molecule has 8 heteroatoms. The SMILES string of the molecule is Cc1c(N2C(=O)C(=Cc3ccc(C#N)cc3)N(C)C2=S)c(=O)n(-c2ccccc2)n1C. The third-order valence-corrected chi connectivity index (χ3v) is 5.81. The van der Waals surface area contributed by atoms with Crippen molar-refractivity contribution in [3.63, 3.8) is 0 Å². The standard InChI is InChI=1S/C23H19N5O2S/c1-15-20(22(30)28(26(15)3)18-7-5-4-6-8-18)27-21(29)19(25(2)23(27)31)13-16-9-11-17(14-24)12-10-16/h4-13H,1-3H3. The van der Waals surface area contributed by atoms with E-state index in [-0.39, 0.29) is 22.3 Å². The number of carbonyl (C=O) groups excluding carboxylic acids is 1. The minimum absolute atomic E-state index is 0.232. The zero-order valence-electron chi connectivity index (χ0n) is 17.2. The van der Waals surface area contributed by atoms with Crippen LogP contribution in [0.2, 0.25) is 0 Å². The van der Waals surface area contributed by atoms with E-state index >= 15 is 0 Å². The number of benzene rings is 2. The van der Waals surface area contributed by atoms with Crippen molar-refractivity contribution >= 4 is 35.0 Å². The van der Waals surface area contributed by atoms with Gasteiger partial charge in [-0.2, -0.15) is 5.26 Å². The summed E-state index contributed by atoms with van der Waals surface area (Å²) in [6.07, 6.45) is 1.70. The number of anilines is 1. The Kier molecular flexibility index (Phi) is 5.05. The average molecular weight is 430 g/mol. The summed E-state index contributed by atoms with van der Waals surface area (Å²) in [7, 11) is 3.47. The Morgan fingerprint density at radius 1 is 1.00 bits per heavy atom. The van der Waals surface area contributed by atoms with Gasteiger partial charge in [0, 0.05) is 14.1 Å². The van der Waals surface area contributed by atoms with E-state index in [1.165, 1.54) is 9.58 Å². The lowest BCUT2D eigenvalue weighted by atomic mass is 10.1. The maximum atomic E-state index is 13.4. The van der Waals surface area contributed by atoms with Crippen LogP contribution in [-0.4, -0.2) is 32.3 Å². The van der Waals surface area contributed by atoms with Crippen LogP contribution in [0.5, 0.6) is 0 Å². The van der Waals surface area contributed by atoms with E-state index in [2.05, 4.69) is 6.07 Å². The number of hydrogen-bond donors (Lipinski definition) is 0. The van der Waals surface area contributed by atoms with Gasteiger partial charge in [-0.15, -0.1) is 0 Å². The number of nitrogens with zero attached hydrogens (tertiary/aromatic N) is 5. The van der Waals surface area contributed by atoms with Crippen LogP contribution in [0, 0.1) is 18.3 Å². The fourth-order valence-corrected chi connectivity index (χ4v) is 3.85. The van der Waals surface area contributed by atoms with Crippen LogP contribution in [0.4, 0.5) is 5.69 Å². The third kappa shape index (κ3) is 3.25. The summed E-state index contributed by atoms with van der Waals surface area (Å²) in [5.41, 5.74) is 2.87. The van der Waals surface area contributed by atoms with Crippen LogP contribution >= 0.6 is 12.2 Å². The number of hydrogen-bond acceptors (Lipinski definition) is 4. The topological polar surface area (TPSA) is 74.3 Å². The minimum Gasteiger partial charge on any atom is -0.317 e. The van der Waals surface area contributed by atoms with E-state index in [1.54, 1.807) is 60.9 Å². The molecule has 1 aromatic heterocycles. The molecule has 31 heavy (non-hydrogen) atoms. The van der Waals surface area contributed by atoms with E-state index in [0.29, 0.717) is 22.6 Å². The number of aromatic nitrogens is 2. The maximum Gasteiger partial charge on any atom is 0.296 e. The Hall–Kier alpha value is -3.96. The van der Waals surface area contributed by atoms with Gasteiger partial charge in [-0.25, -0.2) is 9.58 Å². The fraction of sp³-hybridized carbons (Fsp3) is 0.130. The lowest BCUT2D eigenvalue weighted by Gasteiger charge is -2.15. The Morgan fingerprint density at radius 2 is 1.65 bits per heavy atom. The minimum atomic E-state index is -0.372. The van der Waals surface area contributed by atoms with Crippen LogP contribution in [0.15, 0.2) is 65.1 Å². The predicted octanol–water partition coefficient (Wildman–Crippen LogP) is 2.96. The van der Waals surface area contributed by atoms with Gasteiger partial charge in [-0.05, 0) is 55.0 Å². The van der Waals surface area contributed by atoms with Crippen LogP contribution in [-0.2, 0) is 11.8 Å². The maximum absolute atomic E-state index is 13.4. The highest BCUT2D eigenvalue weighted by Gasteiger charge is 2.40. The highest BCUT2D eigenvalue weighted by Crippen LogP contribution is 2.29. The van der Waals surface area contributed by atoms with Gasteiger partial charge >= 0.3 is 0 Å². The molecule has 7 nitrogen and oxygen atoms in total. The number of carbonyl (C=O) groups is 1. The second kappa shape index (κ2) is 7.70. The van der Waals surface area contributed by atoms with Gasteiger partial charge in [0.1, 0.15) is 11.4 Å². The third-order valence-electron chi connectivity index (χ3n) is 5.35. The number of thiocarbonyl (C=S) groups is 1. The van der Waals surface area contributed by atoms with Crippen molar-refractivity contribution in [2.24, 2.45) is 7.05 Å². The molecule has 0 N–H and O–H groups in total. The molecule has 0 radical (unpaired) electrons. The predicted molar refractivity (Wildman–Crippen MR) is 123 cm³/mol. The first-order chi connectivity index (χ1) is 14.8. The molecule has 1 saturated heterocycles. The number of para-hydroxylation sites is 1. The summed E-state index contributed by atoms with van der Waals surface area (Å²) < 4.78 is 3.23. The number of amides is 1. The first-order valence-electron chi connectivity index (χ1n) is 9.53. The van der Waals surface area contributed by atoms with Crippen LogP contribution in [0.1, 0.15) is 16.8 Å². The van der Waals surface area contributed by atoms with Gasteiger partial charge < -0.3 is 4.90 Å². The lowest BCUT2D eigenvalue weighted by Crippen LogP contribution is -2.35. The summed E-state index contributed by atoms with van der Waals surface area (Å²) in [6, 6.07) is 18.2. The molecule has 1 fully saturated rings. The largest absolute Gasteiger partial charge is 0.317 e. The molecular formula is C23H19N5O2S. The van der Waals surface area contributed by atoms with Gasteiger partial charge in [-0.3, -0.25) is 14.3 Å². The van der Waals surface area contributed by atoms with Crippen molar-refractivity contribution in [3.8, 4) is 11.8 Å². The van der Waals surface area contributed by atoms with E-state index in [0.717, 1.165) is 5.56 Å². The quantitative estimate of drug-likeness (QED) is 0.473. The molecule has 1 amide bonds. The van der Waals surface area contributed by atoms with Crippen molar-refractivity contribution in [2.45, 2.75) is 6.92 Å². The van der Waals surface area contributed by atoms with Gasteiger partial charge in [0.2, 0.25) is 0 Å². The van der Waals surface area contributed by atoms with Gasteiger partial charge in [0.25, 0.3) is 11.5 Å². The molecule has 3 aromatic rings. The monoisotopic (exact) mass is 429 g/mol. The first-order valence-corrected chi connectivity index (χ1v) is 9.94. The Bertz CT molecular complexity index is 1330. The van der Waals surface area contributed by atoms with Crippen molar-refractivity contribution < 1.29 is 4.79 Å². The first kappa shape index (κ1) is 20.3. The second-order valence-electron chi connectivity index (χ2n) is 7.16. The van der Waals surface area contributed by atoms with Crippen LogP contribution in [0.25, 0.3) is 11.8 Å². The zero-order valence-corrected chi connectivity index (χ0v) is 18.1. The number of likely N-dealkylation sites (N-methyl/N-ethyl adjacent to an activating group) is 1. The summed E-state index contributed by atoms with van der Waals surface area (Å²) in [5.74, 6) is -0.372. The van der Waals surface area contributed by atoms with E-state index in [1.807, 2.05) is 30.3 Å². The molecular weight excluding hydrogens is 410 g/mol. The smallest absolute Gasteiger partial charge is 0.296 e. The number of rotatable bonds is 3. The zero-order chi connectivity index (χ0) is 22.3. The van der Waals surface area contributed by atoms with Crippen LogP contribution < -0.4 is 10.5 Å². The Morgan fingerprint density at radius 3 is 2.26 bits per heavy atom. The fourth-order valence-electron chi connectivity index (χ4n) is 3.58. The lowest BCUT2D eigenvalue weighted by molar-refractivity contribution is -0.114. The molecule has 2 heterocycles. The van der Waals surface area contributed by atoms with Gasteiger partial charge in [0.15, 0.2) is 5.11 Å². The molecule has 1 aliphatic heterocycles. The van der Waals surface area contributed by atoms with E-state index in [4.69, 9.17) is 17.5 Å². The molecule has 0 saturated carbocycles. The highest BCUT2D eigenvalue weighted by atomic mass is 32.1. The molecule has 0 atom stereocenters. The van der Waals surface area contributed by atoms with E-state index < -0.39 is 0 Å². The Balaban J connectivity index is 1.80. The second-order valence-corrected chi connectivity index (χ2v) is 7.52. The molecule has 0 aliphatic carbocycles.